The lowest BCUT2D eigenvalue weighted by Gasteiger charge is -2.04. The molecule has 12 heteroatoms. The molecule has 31 heavy (non-hydrogen) atoms. The number of tetrazole rings is 1. The largest absolute Gasteiger partial charge is 0.301 e. The summed E-state index contributed by atoms with van der Waals surface area (Å²) in [5, 5.41) is 17.3. The number of hydrogen-bond acceptors (Lipinski definition) is 7. The van der Waals surface area contributed by atoms with Crippen molar-refractivity contribution < 1.29 is 4.79 Å². The fourth-order valence-electron chi connectivity index (χ4n) is 2.61. The number of benzene rings is 2. The number of thiazole rings is 1. The van der Waals surface area contributed by atoms with E-state index in [0.717, 1.165) is 16.1 Å². The average Bonchev–Trinajstić information content (AvgIpc) is 3.39. The van der Waals surface area contributed by atoms with Gasteiger partial charge in [-0.3, -0.25) is 4.79 Å². The standard InChI is InChI=1S/C19H13Cl3N6OS2/c20-12-1-4-14(5-2-12)28-19(25-26-27-28)30-10-17(29)24-18-23-9-15(31-18)8-11-7-13(21)3-6-16(11)22/h1-7,9H,8,10H2,(H,23,24,29). The zero-order valence-corrected chi connectivity index (χ0v) is 19.5. The van der Waals surface area contributed by atoms with E-state index in [0.29, 0.717) is 31.8 Å². The van der Waals surface area contributed by atoms with E-state index in [1.165, 1.54) is 23.1 Å². The number of hydrogen-bond donors (Lipinski definition) is 1. The minimum Gasteiger partial charge on any atom is -0.301 e. The molecule has 0 aliphatic carbocycles. The maximum Gasteiger partial charge on any atom is 0.236 e. The quantitative estimate of drug-likeness (QED) is 0.334. The summed E-state index contributed by atoms with van der Waals surface area (Å²) in [6, 6.07) is 12.4. The van der Waals surface area contributed by atoms with Gasteiger partial charge in [-0.1, -0.05) is 46.6 Å². The first-order valence-electron chi connectivity index (χ1n) is 8.83. The topological polar surface area (TPSA) is 85.6 Å². The Bertz CT molecular complexity index is 1210. The van der Waals surface area contributed by atoms with Crippen LogP contribution in [0.5, 0.6) is 0 Å². The molecule has 158 valence electrons. The van der Waals surface area contributed by atoms with Crippen molar-refractivity contribution in [2.75, 3.05) is 11.1 Å². The van der Waals surface area contributed by atoms with Crippen LogP contribution in [-0.4, -0.2) is 36.9 Å². The molecule has 4 rings (SSSR count). The zero-order chi connectivity index (χ0) is 21.8. The molecule has 0 saturated carbocycles. The molecule has 0 aliphatic rings. The van der Waals surface area contributed by atoms with Gasteiger partial charge in [0.25, 0.3) is 0 Å². The highest BCUT2D eigenvalue weighted by Gasteiger charge is 2.13. The summed E-state index contributed by atoms with van der Waals surface area (Å²) in [5.74, 6) is -0.0828. The van der Waals surface area contributed by atoms with Crippen molar-refractivity contribution in [1.82, 2.24) is 25.2 Å². The summed E-state index contributed by atoms with van der Waals surface area (Å²) in [6.07, 6.45) is 2.29. The molecule has 2 heterocycles. The third-order valence-electron chi connectivity index (χ3n) is 4.02. The van der Waals surface area contributed by atoms with Gasteiger partial charge in [-0.25, -0.2) is 4.98 Å². The van der Waals surface area contributed by atoms with E-state index in [-0.39, 0.29) is 11.7 Å². The lowest BCUT2D eigenvalue weighted by atomic mass is 10.1. The summed E-state index contributed by atoms with van der Waals surface area (Å²) in [5.41, 5.74) is 1.65. The Morgan fingerprint density at radius 3 is 2.68 bits per heavy atom. The van der Waals surface area contributed by atoms with Crippen molar-refractivity contribution in [1.29, 1.82) is 0 Å². The predicted molar refractivity (Wildman–Crippen MR) is 125 cm³/mol. The SMILES string of the molecule is O=C(CSc1nnnn1-c1ccc(Cl)cc1)Nc1ncc(Cc2cc(Cl)ccc2Cl)s1. The molecule has 2 aromatic heterocycles. The molecular formula is C19H13Cl3N6OS2. The van der Waals surface area contributed by atoms with Crippen molar-refractivity contribution in [3.8, 4) is 5.69 Å². The van der Waals surface area contributed by atoms with Crippen molar-refractivity contribution >= 4 is 68.9 Å². The van der Waals surface area contributed by atoms with E-state index < -0.39 is 0 Å². The lowest BCUT2D eigenvalue weighted by Crippen LogP contribution is -2.14. The van der Waals surface area contributed by atoms with Crippen molar-refractivity contribution in [3.05, 3.63) is 74.2 Å². The van der Waals surface area contributed by atoms with Gasteiger partial charge in [0.2, 0.25) is 11.1 Å². The van der Waals surface area contributed by atoms with Gasteiger partial charge in [-0.2, -0.15) is 4.68 Å². The van der Waals surface area contributed by atoms with Crippen LogP contribution in [0.4, 0.5) is 5.13 Å². The minimum absolute atomic E-state index is 0.128. The third kappa shape index (κ3) is 5.75. The van der Waals surface area contributed by atoms with Crippen molar-refractivity contribution in [2.24, 2.45) is 0 Å². The van der Waals surface area contributed by atoms with Gasteiger partial charge in [-0.05, 0) is 58.5 Å². The Balaban J connectivity index is 1.35. The molecule has 0 fully saturated rings. The van der Waals surface area contributed by atoms with Crippen molar-refractivity contribution in [2.45, 2.75) is 11.6 Å². The molecule has 4 aromatic rings. The maximum atomic E-state index is 12.4. The van der Waals surface area contributed by atoms with E-state index in [4.69, 9.17) is 34.8 Å². The Morgan fingerprint density at radius 2 is 1.87 bits per heavy atom. The van der Waals surface area contributed by atoms with Crippen LogP contribution in [0, 0.1) is 0 Å². The summed E-state index contributed by atoms with van der Waals surface area (Å²) in [6.45, 7) is 0. The Hall–Kier alpha value is -2.17. The predicted octanol–water partition coefficient (Wildman–Crippen LogP) is 5.40. The number of rotatable bonds is 7. The number of nitrogens with one attached hydrogen (secondary N) is 1. The average molecular weight is 512 g/mol. The lowest BCUT2D eigenvalue weighted by molar-refractivity contribution is -0.113. The van der Waals surface area contributed by atoms with Gasteiger partial charge in [0.15, 0.2) is 5.13 Å². The molecule has 7 nitrogen and oxygen atoms in total. The third-order valence-corrected chi connectivity index (χ3v) is 6.70. The second-order valence-electron chi connectivity index (χ2n) is 6.23. The monoisotopic (exact) mass is 510 g/mol. The van der Waals surface area contributed by atoms with Gasteiger partial charge in [0.1, 0.15) is 0 Å². The number of halogens is 3. The first-order valence-corrected chi connectivity index (χ1v) is 11.8. The van der Waals surface area contributed by atoms with Gasteiger partial charge < -0.3 is 5.32 Å². The number of carbonyl (C=O) groups excluding carboxylic acids is 1. The number of nitrogens with zero attached hydrogens (tertiary/aromatic N) is 5. The summed E-state index contributed by atoms with van der Waals surface area (Å²) in [4.78, 5) is 17.6. The Kier molecular flexibility index (Phi) is 7.09. The zero-order valence-electron chi connectivity index (χ0n) is 15.6. The maximum absolute atomic E-state index is 12.4. The van der Waals surface area contributed by atoms with Gasteiger partial charge in [-0.15, -0.1) is 16.4 Å². The fourth-order valence-corrected chi connectivity index (χ4v) is 4.66. The van der Waals surface area contributed by atoms with E-state index in [2.05, 4.69) is 25.8 Å². The molecule has 0 saturated heterocycles. The molecule has 2 aromatic carbocycles. The number of amides is 1. The normalized spacial score (nSPS) is 10.9. The van der Waals surface area contributed by atoms with Gasteiger partial charge in [0.05, 0.1) is 11.4 Å². The van der Waals surface area contributed by atoms with Crippen LogP contribution in [0.25, 0.3) is 5.69 Å². The summed E-state index contributed by atoms with van der Waals surface area (Å²) >= 11 is 20.8. The fraction of sp³-hybridized carbons (Fsp3) is 0.105. The Labute approximate surface area is 200 Å². The molecule has 0 unspecified atom stereocenters. The number of carbonyl (C=O) groups is 1. The van der Waals surface area contributed by atoms with Crippen LogP contribution < -0.4 is 5.32 Å². The summed E-state index contributed by atoms with van der Waals surface area (Å²) < 4.78 is 1.55. The number of anilines is 1. The molecule has 0 atom stereocenters. The molecule has 0 radical (unpaired) electrons. The Morgan fingerprint density at radius 1 is 1.10 bits per heavy atom. The van der Waals surface area contributed by atoms with Crippen LogP contribution in [0.1, 0.15) is 10.4 Å². The van der Waals surface area contributed by atoms with Crippen LogP contribution in [0.15, 0.2) is 53.8 Å². The first kappa shape index (κ1) is 22.0. The minimum atomic E-state index is -0.211. The van der Waals surface area contributed by atoms with Crippen LogP contribution in [0.2, 0.25) is 15.1 Å². The second-order valence-corrected chi connectivity index (χ2v) is 9.57. The van der Waals surface area contributed by atoms with Crippen molar-refractivity contribution in [3.63, 3.8) is 0 Å². The van der Waals surface area contributed by atoms with E-state index >= 15 is 0 Å². The molecular weight excluding hydrogens is 499 g/mol. The highest BCUT2D eigenvalue weighted by molar-refractivity contribution is 7.99. The molecule has 0 aliphatic heterocycles. The highest BCUT2D eigenvalue weighted by atomic mass is 35.5. The highest BCUT2D eigenvalue weighted by Crippen LogP contribution is 2.27. The molecule has 0 bridgehead atoms. The smallest absolute Gasteiger partial charge is 0.236 e. The van der Waals surface area contributed by atoms with Crippen LogP contribution >= 0.6 is 57.9 Å². The molecule has 0 spiro atoms. The van der Waals surface area contributed by atoms with E-state index in [9.17, 15) is 4.79 Å². The number of aromatic nitrogens is 5. The van der Waals surface area contributed by atoms with Crippen LogP contribution in [-0.2, 0) is 11.2 Å². The van der Waals surface area contributed by atoms with Gasteiger partial charge >= 0.3 is 0 Å². The van der Waals surface area contributed by atoms with Crippen LogP contribution in [0.3, 0.4) is 0 Å². The first-order chi connectivity index (χ1) is 15.0. The summed E-state index contributed by atoms with van der Waals surface area (Å²) in [7, 11) is 0. The number of thioether (sulfide) groups is 1. The van der Waals surface area contributed by atoms with Gasteiger partial charge in [0, 0.05) is 32.6 Å². The van der Waals surface area contributed by atoms with E-state index in [1.54, 1.807) is 47.3 Å². The molecule has 1 N–H and O–H groups in total. The second kappa shape index (κ2) is 9.97. The molecule has 1 amide bonds. The van der Waals surface area contributed by atoms with E-state index in [1.807, 2.05) is 6.07 Å².